The number of rotatable bonds is 1. The fraction of sp³-hybridized carbons (Fsp3) is 0. The summed E-state index contributed by atoms with van der Waals surface area (Å²) in [4.78, 5) is 3.34. The van der Waals surface area contributed by atoms with Crippen molar-refractivity contribution in [3.05, 3.63) is 42.5 Å². The summed E-state index contributed by atoms with van der Waals surface area (Å²) in [5.74, 6) is 0. The van der Waals surface area contributed by atoms with E-state index in [1.807, 2.05) is 30.3 Å². The first-order chi connectivity index (χ1) is 7.38. The molecule has 0 saturated heterocycles. The van der Waals surface area contributed by atoms with E-state index in [2.05, 4.69) is 17.1 Å². The molecule has 0 amide bonds. The fourth-order valence-electron chi connectivity index (χ4n) is 1.89. The minimum absolute atomic E-state index is 0.932. The molecule has 15 heavy (non-hydrogen) atoms. The van der Waals surface area contributed by atoms with Gasteiger partial charge in [0.05, 0.1) is 0 Å². The summed E-state index contributed by atoms with van der Waals surface area (Å²) in [6.45, 7) is 0. The van der Waals surface area contributed by atoms with E-state index in [0.717, 1.165) is 20.8 Å². The summed E-state index contributed by atoms with van der Waals surface area (Å²) in [5.41, 5.74) is 2.24. The second-order valence-corrected chi connectivity index (χ2v) is 4.96. The van der Waals surface area contributed by atoms with Gasteiger partial charge in [0, 0.05) is 0 Å². The maximum absolute atomic E-state index is 10.9. The molecule has 3 heteroatoms. The van der Waals surface area contributed by atoms with Gasteiger partial charge in [0.2, 0.25) is 0 Å². The van der Waals surface area contributed by atoms with Gasteiger partial charge in [-0.2, -0.15) is 0 Å². The number of para-hydroxylation sites is 1. The molecule has 0 spiro atoms. The van der Waals surface area contributed by atoms with Gasteiger partial charge in [-0.05, 0) is 0 Å². The zero-order valence-corrected chi connectivity index (χ0v) is 9.77. The Morgan fingerprint density at radius 3 is 2.60 bits per heavy atom. The van der Waals surface area contributed by atoms with Crippen LogP contribution in [0.4, 0.5) is 0 Å². The Bertz CT molecular complexity index is 657. The topological polar surface area (TPSA) is 32.9 Å². The first-order valence-corrected chi connectivity index (χ1v) is 6.43. The molecule has 0 aliphatic heterocycles. The van der Waals surface area contributed by atoms with E-state index in [4.69, 9.17) is 0 Å². The second kappa shape index (κ2) is 3.32. The first kappa shape index (κ1) is 8.87. The molecule has 0 atom stereocenters. The Balaban J connectivity index is 2.51. The third kappa shape index (κ3) is 1.33. The van der Waals surface area contributed by atoms with Crippen molar-refractivity contribution in [1.82, 2.24) is 4.98 Å². The maximum atomic E-state index is 10.9. The van der Waals surface area contributed by atoms with Gasteiger partial charge in [-0.15, -0.1) is 0 Å². The summed E-state index contributed by atoms with van der Waals surface area (Å²) in [6, 6.07) is 14.1. The monoisotopic (exact) mass is 257 g/mol. The number of benzene rings is 2. The van der Waals surface area contributed by atoms with Crippen molar-refractivity contribution < 1.29 is 3.74 Å². The molecular weight excluding hydrogens is 249 g/mol. The fourth-order valence-corrected chi connectivity index (χ4v) is 2.56. The average Bonchev–Trinajstić information content (AvgIpc) is 2.66. The molecule has 1 N–H and O–H groups in total. The third-order valence-corrected chi connectivity index (χ3v) is 3.62. The van der Waals surface area contributed by atoms with Crippen LogP contribution in [0.1, 0.15) is 0 Å². The standard InChI is InChI=1S/C12H8AsNO/c15-13-8-5-6-12-10(7-8)9-3-1-2-4-11(9)14-12/h1-7,14H. The molecule has 3 rings (SSSR count). The molecule has 0 saturated carbocycles. The van der Waals surface area contributed by atoms with Crippen molar-refractivity contribution >= 4 is 41.8 Å². The van der Waals surface area contributed by atoms with Gasteiger partial charge in [0.15, 0.2) is 0 Å². The van der Waals surface area contributed by atoms with Gasteiger partial charge in [-0.25, -0.2) is 0 Å². The van der Waals surface area contributed by atoms with Crippen molar-refractivity contribution in [2.45, 2.75) is 0 Å². The first-order valence-electron chi connectivity index (χ1n) is 4.72. The number of aromatic amines is 1. The van der Waals surface area contributed by atoms with Crippen molar-refractivity contribution in [2.24, 2.45) is 0 Å². The molecule has 0 aliphatic carbocycles. The van der Waals surface area contributed by atoms with E-state index in [9.17, 15) is 3.74 Å². The van der Waals surface area contributed by atoms with E-state index >= 15 is 0 Å². The van der Waals surface area contributed by atoms with Crippen LogP contribution in [-0.2, 0) is 3.74 Å². The van der Waals surface area contributed by atoms with Gasteiger partial charge in [-0.3, -0.25) is 0 Å². The quantitative estimate of drug-likeness (QED) is 0.664. The van der Waals surface area contributed by atoms with Crippen LogP contribution in [0.3, 0.4) is 0 Å². The van der Waals surface area contributed by atoms with Crippen LogP contribution in [0.5, 0.6) is 0 Å². The van der Waals surface area contributed by atoms with Crippen LogP contribution in [0.15, 0.2) is 42.5 Å². The molecule has 0 aliphatic rings. The molecule has 0 unspecified atom stereocenters. The average molecular weight is 257 g/mol. The van der Waals surface area contributed by atoms with Crippen molar-refractivity contribution in [3.63, 3.8) is 0 Å². The Kier molecular flexibility index (Phi) is 1.96. The van der Waals surface area contributed by atoms with Gasteiger partial charge in [0.1, 0.15) is 0 Å². The van der Waals surface area contributed by atoms with Gasteiger partial charge < -0.3 is 0 Å². The van der Waals surface area contributed by atoms with Crippen molar-refractivity contribution in [3.8, 4) is 0 Å². The second-order valence-electron chi connectivity index (χ2n) is 3.49. The summed E-state index contributed by atoms with van der Waals surface area (Å²) in [5, 5.41) is 2.36. The zero-order valence-electron chi connectivity index (χ0n) is 7.90. The number of hydrogen-bond donors (Lipinski definition) is 1. The summed E-state index contributed by atoms with van der Waals surface area (Å²) >= 11 is -0.932. The number of hydrogen-bond acceptors (Lipinski definition) is 1. The van der Waals surface area contributed by atoms with E-state index in [1.165, 1.54) is 5.39 Å². The summed E-state index contributed by atoms with van der Waals surface area (Å²) in [6.07, 6.45) is 0. The third-order valence-electron chi connectivity index (χ3n) is 2.60. The molecule has 0 fully saturated rings. The van der Waals surface area contributed by atoms with Crippen LogP contribution in [0.2, 0.25) is 0 Å². The number of nitrogens with one attached hydrogen (secondary N) is 1. The normalized spacial score (nSPS) is 11.5. The molecule has 3 aromatic rings. The Labute approximate surface area is 93.2 Å². The van der Waals surface area contributed by atoms with Crippen LogP contribution in [0, 0.1) is 0 Å². The molecule has 1 aromatic heterocycles. The molecular formula is C12H8AsNO. The van der Waals surface area contributed by atoms with Crippen LogP contribution in [-0.4, -0.2) is 20.7 Å². The molecule has 0 bridgehead atoms. The van der Waals surface area contributed by atoms with Crippen molar-refractivity contribution in [1.29, 1.82) is 0 Å². The minimum atomic E-state index is -0.932. The van der Waals surface area contributed by atoms with E-state index in [0.29, 0.717) is 0 Å². The zero-order chi connectivity index (χ0) is 10.3. The van der Waals surface area contributed by atoms with Crippen molar-refractivity contribution in [2.75, 3.05) is 0 Å². The summed E-state index contributed by atoms with van der Waals surface area (Å²) < 4.78 is 11.9. The predicted molar refractivity (Wildman–Crippen MR) is 61.9 cm³/mol. The van der Waals surface area contributed by atoms with Gasteiger partial charge >= 0.3 is 93.0 Å². The predicted octanol–water partition coefficient (Wildman–Crippen LogP) is 2.00. The number of aromatic nitrogens is 1. The number of H-pyrrole nitrogens is 1. The van der Waals surface area contributed by atoms with Gasteiger partial charge in [-0.1, -0.05) is 0 Å². The van der Waals surface area contributed by atoms with Crippen LogP contribution >= 0.6 is 0 Å². The molecule has 1 heterocycles. The molecule has 2 nitrogen and oxygen atoms in total. The molecule has 0 radical (unpaired) electrons. The molecule has 72 valence electrons. The van der Waals surface area contributed by atoms with E-state index < -0.39 is 15.7 Å². The van der Waals surface area contributed by atoms with Gasteiger partial charge in [0.25, 0.3) is 0 Å². The van der Waals surface area contributed by atoms with Crippen LogP contribution in [0.25, 0.3) is 21.8 Å². The van der Waals surface area contributed by atoms with E-state index in [1.54, 1.807) is 0 Å². The van der Waals surface area contributed by atoms with Crippen LogP contribution < -0.4 is 4.35 Å². The Morgan fingerprint density at radius 1 is 0.933 bits per heavy atom. The molecule has 2 aromatic carbocycles. The Morgan fingerprint density at radius 2 is 1.73 bits per heavy atom. The number of fused-ring (bicyclic) bond motifs is 3. The van der Waals surface area contributed by atoms with E-state index in [-0.39, 0.29) is 0 Å². The SMILES string of the molecule is O=[As]c1ccc2[nH]c3ccccc3c2c1. The summed E-state index contributed by atoms with van der Waals surface area (Å²) in [7, 11) is 0. The Hall–Kier alpha value is -1.40.